The van der Waals surface area contributed by atoms with Crippen LogP contribution in [0.5, 0.6) is 0 Å². The predicted molar refractivity (Wildman–Crippen MR) is 79.1 cm³/mol. The van der Waals surface area contributed by atoms with Crippen molar-refractivity contribution in [3.05, 3.63) is 28.2 Å². The van der Waals surface area contributed by atoms with E-state index in [1.54, 1.807) is 19.2 Å². The number of amides is 1. The Hall–Kier alpha value is -1.07. The van der Waals surface area contributed by atoms with Gasteiger partial charge in [0.2, 0.25) is 0 Å². The molecule has 1 heterocycles. The quantitative estimate of drug-likeness (QED) is 0.868. The van der Waals surface area contributed by atoms with Crippen molar-refractivity contribution in [3.8, 4) is 0 Å². The van der Waals surface area contributed by atoms with E-state index < -0.39 is 0 Å². The van der Waals surface area contributed by atoms with Crippen molar-refractivity contribution in [1.82, 2.24) is 4.90 Å². The van der Waals surface area contributed by atoms with E-state index in [9.17, 15) is 4.79 Å². The molecule has 2 rings (SSSR count). The number of ether oxygens (including phenoxy) is 1. The van der Waals surface area contributed by atoms with Gasteiger partial charge in [0.15, 0.2) is 0 Å². The van der Waals surface area contributed by atoms with Crippen LogP contribution >= 0.6 is 15.9 Å². The molecule has 0 atom stereocenters. The maximum atomic E-state index is 12.4. The fraction of sp³-hybridized carbons (Fsp3) is 0.500. The molecule has 5 heteroatoms. The number of anilines is 1. The minimum Gasteiger partial charge on any atom is -0.398 e. The average molecular weight is 327 g/mol. The molecule has 0 aromatic heterocycles. The Kier molecular flexibility index (Phi) is 4.82. The summed E-state index contributed by atoms with van der Waals surface area (Å²) < 4.78 is 6.04. The molecule has 1 aromatic rings. The highest BCUT2D eigenvalue weighted by molar-refractivity contribution is 9.10. The lowest BCUT2D eigenvalue weighted by atomic mass is 9.97. The van der Waals surface area contributed by atoms with Gasteiger partial charge >= 0.3 is 0 Å². The van der Waals surface area contributed by atoms with Crippen LogP contribution in [0, 0.1) is 5.92 Å². The lowest BCUT2D eigenvalue weighted by Gasteiger charge is -2.32. The number of benzene rings is 1. The fourth-order valence-electron chi connectivity index (χ4n) is 2.42. The Labute approximate surface area is 122 Å². The Bertz CT molecular complexity index is 457. The number of nitrogen functional groups attached to an aromatic ring is 1. The highest BCUT2D eigenvalue weighted by Gasteiger charge is 2.24. The van der Waals surface area contributed by atoms with E-state index in [1.807, 2.05) is 11.0 Å². The highest BCUT2D eigenvalue weighted by Crippen LogP contribution is 2.23. The smallest absolute Gasteiger partial charge is 0.255 e. The van der Waals surface area contributed by atoms with E-state index >= 15 is 0 Å². The molecule has 0 unspecified atom stereocenters. The summed E-state index contributed by atoms with van der Waals surface area (Å²) >= 11 is 3.38. The molecule has 1 saturated heterocycles. The minimum absolute atomic E-state index is 0.0228. The molecule has 1 aromatic carbocycles. The second-order valence-corrected chi connectivity index (χ2v) is 5.84. The molecule has 0 saturated carbocycles. The SMILES string of the molecule is COCC1CCN(C(=O)c2cc(Br)ccc2N)CC1. The molecule has 104 valence electrons. The van der Waals surface area contributed by atoms with Crippen LogP contribution in [0.1, 0.15) is 23.2 Å². The zero-order valence-corrected chi connectivity index (χ0v) is 12.6. The topological polar surface area (TPSA) is 55.6 Å². The lowest BCUT2D eigenvalue weighted by molar-refractivity contribution is 0.0614. The van der Waals surface area contributed by atoms with Gasteiger partial charge in [0.05, 0.1) is 5.56 Å². The van der Waals surface area contributed by atoms with Gasteiger partial charge in [0.1, 0.15) is 0 Å². The first-order valence-corrected chi connectivity index (χ1v) is 7.24. The van der Waals surface area contributed by atoms with Gasteiger partial charge in [-0.3, -0.25) is 4.79 Å². The van der Waals surface area contributed by atoms with Gasteiger partial charge in [-0.05, 0) is 37.0 Å². The van der Waals surface area contributed by atoms with Gasteiger partial charge in [0.25, 0.3) is 5.91 Å². The number of likely N-dealkylation sites (tertiary alicyclic amines) is 1. The third kappa shape index (κ3) is 3.48. The zero-order valence-electron chi connectivity index (χ0n) is 11.1. The Balaban J connectivity index is 2.03. The summed E-state index contributed by atoms with van der Waals surface area (Å²) in [7, 11) is 1.72. The van der Waals surface area contributed by atoms with Crippen molar-refractivity contribution in [2.45, 2.75) is 12.8 Å². The standard InChI is InChI=1S/C14H19BrN2O2/c1-19-9-10-4-6-17(7-5-10)14(18)12-8-11(15)2-3-13(12)16/h2-3,8,10H,4-7,9,16H2,1H3. The third-order valence-electron chi connectivity index (χ3n) is 3.55. The van der Waals surface area contributed by atoms with Crippen LogP contribution in [0.3, 0.4) is 0 Å². The van der Waals surface area contributed by atoms with Crippen molar-refractivity contribution < 1.29 is 9.53 Å². The zero-order chi connectivity index (χ0) is 13.8. The van der Waals surface area contributed by atoms with E-state index in [1.165, 1.54) is 0 Å². The summed E-state index contributed by atoms with van der Waals surface area (Å²) in [6.45, 7) is 2.33. The second kappa shape index (κ2) is 6.39. The first-order valence-electron chi connectivity index (χ1n) is 6.45. The van der Waals surface area contributed by atoms with E-state index in [-0.39, 0.29) is 5.91 Å². The maximum absolute atomic E-state index is 12.4. The number of carbonyl (C=O) groups is 1. The first kappa shape index (κ1) is 14.3. The average Bonchev–Trinajstić information content (AvgIpc) is 2.42. The van der Waals surface area contributed by atoms with Crippen molar-refractivity contribution in [1.29, 1.82) is 0 Å². The number of nitrogens with zero attached hydrogens (tertiary/aromatic N) is 1. The minimum atomic E-state index is 0.0228. The van der Waals surface area contributed by atoms with E-state index in [0.717, 1.165) is 37.0 Å². The van der Waals surface area contributed by atoms with Gasteiger partial charge in [-0.2, -0.15) is 0 Å². The van der Waals surface area contributed by atoms with Crippen LogP contribution in [-0.2, 0) is 4.74 Å². The van der Waals surface area contributed by atoms with E-state index in [4.69, 9.17) is 10.5 Å². The van der Waals surface area contributed by atoms with Gasteiger partial charge in [0, 0.05) is 37.0 Å². The number of nitrogens with two attached hydrogens (primary N) is 1. The first-order chi connectivity index (χ1) is 9.11. The fourth-order valence-corrected chi connectivity index (χ4v) is 2.78. The molecule has 4 nitrogen and oxygen atoms in total. The molecule has 1 fully saturated rings. The molecule has 1 amide bonds. The lowest BCUT2D eigenvalue weighted by Crippen LogP contribution is -2.39. The number of carbonyl (C=O) groups excluding carboxylic acids is 1. The number of piperidine rings is 1. The van der Waals surface area contributed by atoms with Gasteiger partial charge in [-0.25, -0.2) is 0 Å². The van der Waals surface area contributed by atoms with Crippen molar-refractivity contribution in [3.63, 3.8) is 0 Å². The number of hydrogen-bond donors (Lipinski definition) is 1. The summed E-state index contributed by atoms with van der Waals surface area (Å²) in [6.07, 6.45) is 1.99. The van der Waals surface area contributed by atoms with Crippen molar-refractivity contribution >= 4 is 27.5 Å². The van der Waals surface area contributed by atoms with Gasteiger partial charge < -0.3 is 15.4 Å². The number of halogens is 1. The van der Waals surface area contributed by atoms with Crippen LogP contribution in [0.4, 0.5) is 5.69 Å². The molecule has 0 radical (unpaired) electrons. The van der Waals surface area contributed by atoms with Crippen molar-refractivity contribution in [2.24, 2.45) is 5.92 Å². The molecule has 19 heavy (non-hydrogen) atoms. The highest BCUT2D eigenvalue weighted by atomic mass is 79.9. The second-order valence-electron chi connectivity index (χ2n) is 4.92. The van der Waals surface area contributed by atoms with Crippen molar-refractivity contribution in [2.75, 3.05) is 32.5 Å². The molecule has 2 N–H and O–H groups in total. The van der Waals surface area contributed by atoms with E-state index in [2.05, 4.69) is 15.9 Å². The van der Waals surface area contributed by atoms with Gasteiger partial charge in [-0.15, -0.1) is 0 Å². The summed E-state index contributed by atoms with van der Waals surface area (Å²) in [5, 5.41) is 0. The molecule has 0 spiro atoms. The van der Waals surface area contributed by atoms with Crippen LogP contribution in [0.25, 0.3) is 0 Å². The molecule has 0 bridgehead atoms. The third-order valence-corrected chi connectivity index (χ3v) is 4.04. The van der Waals surface area contributed by atoms with Crippen LogP contribution in [-0.4, -0.2) is 37.6 Å². The maximum Gasteiger partial charge on any atom is 0.255 e. The van der Waals surface area contributed by atoms with E-state index in [0.29, 0.717) is 17.2 Å². The summed E-state index contributed by atoms with van der Waals surface area (Å²) in [4.78, 5) is 14.3. The van der Waals surface area contributed by atoms with Crippen LogP contribution in [0.15, 0.2) is 22.7 Å². The monoisotopic (exact) mass is 326 g/mol. The van der Waals surface area contributed by atoms with Crippen LogP contribution in [0.2, 0.25) is 0 Å². The Morgan fingerprint density at radius 1 is 1.47 bits per heavy atom. The molecular formula is C14H19BrN2O2. The summed E-state index contributed by atoms with van der Waals surface area (Å²) in [5.74, 6) is 0.587. The number of hydrogen-bond acceptors (Lipinski definition) is 3. The largest absolute Gasteiger partial charge is 0.398 e. The van der Waals surface area contributed by atoms with Gasteiger partial charge in [-0.1, -0.05) is 15.9 Å². The summed E-state index contributed by atoms with van der Waals surface area (Å²) in [6, 6.07) is 5.39. The molecule has 1 aliphatic rings. The number of methoxy groups -OCH3 is 1. The predicted octanol–water partition coefficient (Wildman–Crippen LogP) is 2.53. The Morgan fingerprint density at radius 3 is 2.79 bits per heavy atom. The Morgan fingerprint density at radius 2 is 2.16 bits per heavy atom. The van der Waals surface area contributed by atoms with Crippen LogP contribution < -0.4 is 5.73 Å². The molecule has 1 aliphatic heterocycles. The normalized spacial score (nSPS) is 16.6. The molecule has 0 aliphatic carbocycles. The summed E-state index contributed by atoms with van der Waals surface area (Å²) in [5.41, 5.74) is 7.00. The molecular weight excluding hydrogens is 308 g/mol. The number of rotatable bonds is 3.